The van der Waals surface area contributed by atoms with Gasteiger partial charge in [0.25, 0.3) is 0 Å². The summed E-state index contributed by atoms with van der Waals surface area (Å²) in [5.74, 6) is -1.45. The van der Waals surface area contributed by atoms with Crippen molar-refractivity contribution >= 4 is 23.9 Å². The Morgan fingerprint density at radius 3 is 1.21 bits per heavy atom. The number of ether oxygens (including phenoxy) is 4. The van der Waals surface area contributed by atoms with E-state index in [2.05, 4.69) is 9.47 Å². The quantitative estimate of drug-likeness (QED) is 0.483. The van der Waals surface area contributed by atoms with E-state index in [1.165, 1.54) is 13.8 Å². The van der Waals surface area contributed by atoms with Gasteiger partial charge in [-0.3, -0.25) is 19.2 Å². The summed E-state index contributed by atoms with van der Waals surface area (Å²) in [4.78, 5) is 42.5. The molecule has 0 aromatic carbocycles. The fourth-order valence-corrected chi connectivity index (χ4v) is 1.56. The number of esters is 4. The second-order valence-corrected chi connectivity index (χ2v) is 4.86. The second-order valence-electron chi connectivity index (χ2n) is 4.86. The van der Waals surface area contributed by atoms with Gasteiger partial charge in [-0.05, 0) is 27.7 Å². The van der Waals surface area contributed by atoms with Gasteiger partial charge in [-0.2, -0.15) is 0 Å². The van der Waals surface area contributed by atoms with Crippen LogP contribution < -0.4 is 0 Å². The van der Waals surface area contributed by atoms with Gasteiger partial charge in [0.15, 0.2) is 0 Å². The molecule has 0 fully saturated rings. The molecule has 0 N–H and O–H groups in total. The molecular weight excluding hydrogens is 320 g/mol. The van der Waals surface area contributed by atoms with Crippen LogP contribution in [0, 0.1) is 0 Å². The molecule has 2 unspecified atom stereocenters. The average Bonchev–Trinajstić information content (AvgIpc) is 2.37. The Balaban J connectivity index is 0. The molecule has 0 amide bonds. The summed E-state index contributed by atoms with van der Waals surface area (Å²) in [6.07, 6.45) is -0.566. The minimum atomic E-state index is -0.401. The summed E-state index contributed by atoms with van der Waals surface area (Å²) in [5.41, 5.74) is 0. The number of rotatable bonds is 8. The fraction of sp³-hybridized carbons (Fsp3) is 0.750. The molecule has 0 aliphatic carbocycles. The van der Waals surface area contributed by atoms with E-state index in [9.17, 15) is 19.2 Å². The van der Waals surface area contributed by atoms with Gasteiger partial charge in [-0.1, -0.05) is 0 Å². The number of hydrogen-bond donors (Lipinski definition) is 0. The van der Waals surface area contributed by atoms with Crippen molar-refractivity contribution in [3.8, 4) is 0 Å². The highest BCUT2D eigenvalue weighted by molar-refractivity contribution is 5.71. The predicted molar refractivity (Wildman–Crippen MR) is 85.0 cm³/mol. The van der Waals surface area contributed by atoms with Crippen molar-refractivity contribution in [3.05, 3.63) is 0 Å². The Morgan fingerprint density at radius 1 is 0.708 bits per heavy atom. The molecule has 8 nitrogen and oxygen atoms in total. The topological polar surface area (TPSA) is 105 Å². The second kappa shape index (κ2) is 14.5. The van der Waals surface area contributed by atoms with Gasteiger partial charge < -0.3 is 18.9 Å². The third kappa shape index (κ3) is 17.9. The van der Waals surface area contributed by atoms with Gasteiger partial charge >= 0.3 is 23.9 Å². The first kappa shape index (κ1) is 24.1. The van der Waals surface area contributed by atoms with Crippen LogP contribution in [-0.2, 0) is 38.1 Å². The molecule has 2 atom stereocenters. The molecule has 0 aromatic rings. The Bertz CT molecular complexity index is 367. The maximum atomic E-state index is 10.8. The molecule has 140 valence electrons. The lowest BCUT2D eigenvalue weighted by atomic mass is 10.3. The molecule has 0 saturated heterocycles. The highest BCUT2D eigenvalue weighted by atomic mass is 16.6. The molecule has 0 rings (SSSR count). The van der Waals surface area contributed by atoms with Gasteiger partial charge in [0.2, 0.25) is 0 Å². The predicted octanol–water partition coefficient (Wildman–Crippen LogP) is 1.78. The zero-order chi connectivity index (χ0) is 19.1. The summed E-state index contributed by atoms with van der Waals surface area (Å²) in [6.45, 7) is 10.1. The lowest BCUT2D eigenvalue weighted by Gasteiger charge is -2.10. The molecule has 0 radical (unpaired) electrons. The number of hydrogen-bond acceptors (Lipinski definition) is 8. The SMILES string of the molecule is CCOC(=O)CC(C)OC(C)=O.CCOC(=O)CC(C)OC(C)=O. The Morgan fingerprint density at radius 2 is 1.00 bits per heavy atom. The number of carbonyl (C=O) groups excluding carboxylic acids is 4. The molecule has 0 saturated carbocycles. The average molecular weight is 348 g/mol. The number of carbonyl (C=O) groups is 4. The summed E-state index contributed by atoms with van der Waals surface area (Å²) in [5, 5.41) is 0. The molecule has 0 aliphatic heterocycles. The minimum Gasteiger partial charge on any atom is -0.466 e. The van der Waals surface area contributed by atoms with Crippen LogP contribution in [0.3, 0.4) is 0 Å². The van der Waals surface area contributed by atoms with Crippen molar-refractivity contribution in [2.45, 2.75) is 66.6 Å². The molecule has 0 aromatic heterocycles. The van der Waals surface area contributed by atoms with Crippen molar-refractivity contribution in [1.82, 2.24) is 0 Å². The van der Waals surface area contributed by atoms with E-state index >= 15 is 0 Å². The standard InChI is InChI=1S/2C8H14O4/c2*1-4-11-8(10)5-6(2)12-7(3)9/h2*6H,4-5H2,1-3H3. The Kier molecular flexibility index (Phi) is 14.6. The van der Waals surface area contributed by atoms with Crippen LogP contribution in [-0.4, -0.2) is 49.3 Å². The molecule has 8 heteroatoms. The highest BCUT2D eigenvalue weighted by Crippen LogP contribution is 2.00. The van der Waals surface area contributed by atoms with Crippen molar-refractivity contribution in [2.75, 3.05) is 13.2 Å². The molecule has 0 heterocycles. The van der Waals surface area contributed by atoms with E-state index in [-0.39, 0.29) is 36.7 Å². The minimum absolute atomic E-state index is 0.118. The smallest absolute Gasteiger partial charge is 0.309 e. The lowest BCUT2D eigenvalue weighted by Crippen LogP contribution is -2.18. The van der Waals surface area contributed by atoms with Crippen molar-refractivity contribution < 1.29 is 38.1 Å². The van der Waals surface area contributed by atoms with Crippen LogP contribution in [0.1, 0.15) is 54.4 Å². The molecule has 24 heavy (non-hydrogen) atoms. The molecule has 0 bridgehead atoms. The molecular formula is C16H28O8. The lowest BCUT2D eigenvalue weighted by molar-refractivity contribution is -0.154. The van der Waals surface area contributed by atoms with Gasteiger partial charge in [-0.25, -0.2) is 0 Å². The van der Waals surface area contributed by atoms with Gasteiger partial charge in [0, 0.05) is 13.8 Å². The Labute approximate surface area is 142 Å². The van der Waals surface area contributed by atoms with E-state index < -0.39 is 12.2 Å². The van der Waals surface area contributed by atoms with Crippen LogP contribution in [0.5, 0.6) is 0 Å². The van der Waals surface area contributed by atoms with Crippen LogP contribution in [0.25, 0.3) is 0 Å². The highest BCUT2D eigenvalue weighted by Gasteiger charge is 2.12. The maximum absolute atomic E-state index is 10.8. The first-order valence-corrected chi connectivity index (χ1v) is 7.77. The summed E-state index contributed by atoms with van der Waals surface area (Å²) < 4.78 is 18.8. The van der Waals surface area contributed by atoms with Gasteiger partial charge in [0.05, 0.1) is 26.1 Å². The fourth-order valence-electron chi connectivity index (χ4n) is 1.56. The summed E-state index contributed by atoms with van der Waals surface area (Å²) in [6, 6.07) is 0. The largest absolute Gasteiger partial charge is 0.466 e. The zero-order valence-corrected chi connectivity index (χ0v) is 15.2. The van der Waals surface area contributed by atoms with Crippen LogP contribution in [0.4, 0.5) is 0 Å². The normalized spacial score (nSPS) is 11.9. The third-order valence-corrected chi connectivity index (χ3v) is 2.25. The van der Waals surface area contributed by atoms with E-state index in [1.54, 1.807) is 27.7 Å². The first-order chi connectivity index (χ1) is 11.1. The van der Waals surface area contributed by atoms with Gasteiger partial charge in [-0.15, -0.1) is 0 Å². The van der Waals surface area contributed by atoms with Crippen molar-refractivity contribution in [2.24, 2.45) is 0 Å². The van der Waals surface area contributed by atoms with Crippen LogP contribution in [0.2, 0.25) is 0 Å². The third-order valence-electron chi connectivity index (χ3n) is 2.25. The molecule has 0 aliphatic rings. The summed E-state index contributed by atoms with van der Waals surface area (Å²) in [7, 11) is 0. The van der Waals surface area contributed by atoms with E-state index in [4.69, 9.17) is 9.47 Å². The van der Waals surface area contributed by atoms with Crippen molar-refractivity contribution in [1.29, 1.82) is 0 Å². The van der Waals surface area contributed by atoms with Crippen molar-refractivity contribution in [3.63, 3.8) is 0 Å². The summed E-state index contributed by atoms with van der Waals surface area (Å²) >= 11 is 0. The van der Waals surface area contributed by atoms with E-state index in [1.807, 2.05) is 0 Å². The van der Waals surface area contributed by atoms with Crippen LogP contribution in [0.15, 0.2) is 0 Å². The molecule has 0 spiro atoms. The first-order valence-electron chi connectivity index (χ1n) is 7.77. The maximum Gasteiger partial charge on any atom is 0.309 e. The van der Waals surface area contributed by atoms with Gasteiger partial charge in [0.1, 0.15) is 12.2 Å². The monoisotopic (exact) mass is 348 g/mol. The van der Waals surface area contributed by atoms with E-state index in [0.29, 0.717) is 13.2 Å². The van der Waals surface area contributed by atoms with Crippen LogP contribution >= 0.6 is 0 Å². The van der Waals surface area contributed by atoms with E-state index in [0.717, 1.165) is 0 Å². The Hall–Kier alpha value is -2.12. The zero-order valence-electron chi connectivity index (χ0n) is 15.2.